The molecule has 0 unspecified atom stereocenters. The highest BCUT2D eigenvalue weighted by Gasteiger charge is 2.32. The molecule has 0 bridgehead atoms. The Labute approximate surface area is 126 Å². The van der Waals surface area contributed by atoms with Gasteiger partial charge in [-0.15, -0.1) is 0 Å². The number of sulfonamides is 1. The zero-order chi connectivity index (χ0) is 15.5. The average molecular weight is 315 g/mol. The molecule has 7 nitrogen and oxygen atoms in total. The second kappa shape index (κ2) is 6.87. The molecule has 2 rings (SSSR count). The number of nitrogens with one attached hydrogen (secondary N) is 2. The summed E-state index contributed by atoms with van der Waals surface area (Å²) in [5, 5.41) is 9.91. The lowest BCUT2D eigenvalue weighted by Crippen LogP contribution is -2.44. The quantitative estimate of drug-likeness (QED) is 0.785. The Kier molecular flexibility index (Phi) is 5.37. The van der Waals surface area contributed by atoms with Crippen molar-refractivity contribution < 1.29 is 8.42 Å². The molecule has 1 aromatic rings. The number of rotatable bonds is 6. The largest absolute Gasteiger partial charge is 0.313 e. The fraction of sp³-hybridized carbons (Fsp3) is 0.769. The monoisotopic (exact) mass is 315 g/mol. The Bertz CT molecular complexity index is 549. The molecule has 0 spiro atoms. The summed E-state index contributed by atoms with van der Waals surface area (Å²) in [5.41, 5.74) is 0.691. The molecule has 2 N–H and O–H groups in total. The number of hydrogen-bond acceptors (Lipinski definition) is 5. The van der Waals surface area contributed by atoms with Crippen LogP contribution in [0.2, 0.25) is 0 Å². The van der Waals surface area contributed by atoms with E-state index >= 15 is 0 Å². The fourth-order valence-corrected chi connectivity index (χ4v) is 4.12. The van der Waals surface area contributed by atoms with E-state index < -0.39 is 10.0 Å². The van der Waals surface area contributed by atoms with Gasteiger partial charge < -0.3 is 10.2 Å². The molecule has 0 aromatic carbocycles. The molecule has 120 valence electrons. The molecule has 0 saturated carbocycles. The Hall–Kier alpha value is -0.960. The highest BCUT2D eigenvalue weighted by atomic mass is 32.2. The highest BCUT2D eigenvalue weighted by Crippen LogP contribution is 2.23. The third-order valence-electron chi connectivity index (χ3n) is 4.08. The van der Waals surface area contributed by atoms with Gasteiger partial charge in [0.25, 0.3) is 10.0 Å². The van der Waals surface area contributed by atoms with E-state index in [1.807, 2.05) is 6.92 Å². The van der Waals surface area contributed by atoms with E-state index in [0.717, 1.165) is 32.5 Å². The van der Waals surface area contributed by atoms with Crippen LogP contribution in [-0.2, 0) is 16.6 Å². The summed E-state index contributed by atoms with van der Waals surface area (Å²) in [6.45, 7) is 5.13. The lowest BCUT2D eigenvalue weighted by Gasteiger charge is -2.34. The first-order valence-corrected chi connectivity index (χ1v) is 8.80. The van der Waals surface area contributed by atoms with Gasteiger partial charge in [0.05, 0.1) is 6.20 Å². The molecule has 1 aliphatic heterocycles. The van der Waals surface area contributed by atoms with E-state index in [1.54, 1.807) is 13.2 Å². The van der Waals surface area contributed by atoms with Gasteiger partial charge >= 0.3 is 0 Å². The van der Waals surface area contributed by atoms with Crippen molar-refractivity contribution in [2.75, 3.05) is 33.7 Å². The van der Waals surface area contributed by atoms with Crippen molar-refractivity contribution in [1.82, 2.24) is 24.7 Å². The zero-order valence-corrected chi connectivity index (χ0v) is 13.8. The fourth-order valence-electron chi connectivity index (χ4n) is 2.61. The third kappa shape index (κ3) is 3.63. The van der Waals surface area contributed by atoms with E-state index in [1.165, 1.54) is 4.31 Å². The van der Waals surface area contributed by atoms with Crippen LogP contribution in [0.1, 0.15) is 25.3 Å². The van der Waals surface area contributed by atoms with Gasteiger partial charge in [0.1, 0.15) is 0 Å². The van der Waals surface area contributed by atoms with Gasteiger partial charge in [-0.25, -0.2) is 8.42 Å². The smallest absolute Gasteiger partial charge is 0.260 e. The van der Waals surface area contributed by atoms with Gasteiger partial charge in [-0.05, 0) is 39.5 Å². The molecule has 1 saturated heterocycles. The number of aromatic nitrogens is 2. The first kappa shape index (κ1) is 16.4. The van der Waals surface area contributed by atoms with Crippen LogP contribution in [-0.4, -0.2) is 67.6 Å². The number of piperidine rings is 1. The molecule has 1 aliphatic rings. The first-order valence-electron chi connectivity index (χ1n) is 7.36. The van der Waals surface area contributed by atoms with Crippen molar-refractivity contribution in [1.29, 1.82) is 0 Å². The summed E-state index contributed by atoms with van der Waals surface area (Å²) in [5.74, 6) is 0. The summed E-state index contributed by atoms with van der Waals surface area (Å²) < 4.78 is 27.0. The number of hydrogen-bond donors (Lipinski definition) is 2. The summed E-state index contributed by atoms with van der Waals surface area (Å²) in [4.78, 5) is 2.23. The summed E-state index contributed by atoms with van der Waals surface area (Å²) in [7, 11) is 0.216. The highest BCUT2D eigenvalue weighted by molar-refractivity contribution is 7.89. The van der Waals surface area contributed by atoms with E-state index in [4.69, 9.17) is 0 Å². The molecular formula is C13H25N5O2S. The third-order valence-corrected chi connectivity index (χ3v) is 6.01. The zero-order valence-electron chi connectivity index (χ0n) is 13.0. The predicted octanol–water partition coefficient (Wildman–Crippen LogP) is 0.234. The van der Waals surface area contributed by atoms with Crippen molar-refractivity contribution in [3.8, 4) is 0 Å². The van der Waals surface area contributed by atoms with E-state index in [2.05, 4.69) is 27.5 Å². The molecule has 1 aromatic heterocycles. The normalized spacial score (nSPS) is 18.5. The lowest BCUT2D eigenvalue weighted by atomic mass is 10.1. The van der Waals surface area contributed by atoms with E-state index in [0.29, 0.717) is 12.1 Å². The molecule has 0 atom stereocenters. The van der Waals surface area contributed by atoms with Crippen LogP contribution in [0.15, 0.2) is 11.2 Å². The Morgan fingerprint density at radius 1 is 1.48 bits per heavy atom. The summed E-state index contributed by atoms with van der Waals surface area (Å²) >= 11 is 0. The number of H-pyrrole nitrogens is 1. The van der Waals surface area contributed by atoms with Gasteiger partial charge in [0.2, 0.25) is 0 Å². The SMILES string of the molecule is CCNCc1cn[nH]c1S(=O)(=O)N(C)C1CCN(C)CC1. The van der Waals surface area contributed by atoms with Crippen molar-refractivity contribution in [2.24, 2.45) is 0 Å². The Morgan fingerprint density at radius 3 is 2.76 bits per heavy atom. The maximum Gasteiger partial charge on any atom is 0.260 e. The van der Waals surface area contributed by atoms with Crippen molar-refractivity contribution in [3.63, 3.8) is 0 Å². The molecular weight excluding hydrogens is 290 g/mol. The second-order valence-corrected chi connectivity index (χ2v) is 7.49. The first-order chi connectivity index (χ1) is 9.96. The van der Waals surface area contributed by atoms with E-state index in [9.17, 15) is 8.42 Å². The number of aromatic amines is 1. The molecule has 21 heavy (non-hydrogen) atoms. The van der Waals surface area contributed by atoms with Crippen LogP contribution in [0.5, 0.6) is 0 Å². The van der Waals surface area contributed by atoms with Crippen molar-refractivity contribution in [3.05, 3.63) is 11.8 Å². The number of likely N-dealkylation sites (tertiary alicyclic amines) is 1. The molecule has 2 heterocycles. The van der Waals surface area contributed by atoms with Gasteiger partial charge in [-0.3, -0.25) is 5.10 Å². The lowest BCUT2D eigenvalue weighted by molar-refractivity contribution is 0.197. The van der Waals surface area contributed by atoms with Crippen LogP contribution in [0, 0.1) is 0 Å². The minimum absolute atomic E-state index is 0.0569. The molecule has 1 fully saturated rings. The Balaban J connectivity index is 2.15. The minimum atomic E-state index is -3.52. The van der Waals surface area contributed by atoms with Crippen molar-refractivity contribution >= 4 is 10.0 Å². The average Bonchev–Trinajstić information content (AvgIpc) is 2.94. The van der Waals surface area contributed by atoms with Gasteiger partial charge in [-0.2, -0.15) is 9.40 Å². The van der Waals surface area contributed by atoms with Crippen molar-refractivity contribution in [2.45, 2.75) is 37.4 Å². The minimum Gasteiger partial charge on any atom is -0.313 e. The van der Waals surface area contributed by atoms with Gasteiger partial charge in [-0.1, -0.05) is 6.92 Å². The van der Waals surface area contributed by atoms with Crippen LogP contribution in [0.3, 0.4) is 0 Å². The molecule has 0 aliphatic carbocycles. The van der Waals surface area contributed by atoms with Gasteiger partial charge in [0.15, 0.2) is 5.03 Å². The topological polar surface area (TPSA) is 81.3 Å². The second-order valence-electron chi connectivity index (χ2n) is 5.56. The van der Waals surface area contributed by atoms with Crippen LogP contribution >= 0.6 is 0 Å². The number of nitrogens with zero attached hydrogens (tertiary/aromatic N) is 3. The molecule has 0 radical (unpaired) electrons. The summed E-state index contributed by atoms with van der Waals surface area (Å²) in [6, 6.07) is 0.0569. The van der Waals surface area contributed by atoms with Crippen LogP contribution in [0.25, 0.3) is 0 Å². The maximum atomic E-state index is 12.8. The predicted molar refractivity (Wildman–Crippen MR) is 81.4 cm³/mol. The Morgan fingerprint density at radius 2 is 2.14 bits per heavy atom. The van der Waals surface area contributed by atoms with Crippen LogP contribution in [0.4, 0.5) is 0 Å². The van der Waals surface area contributed by atoms with Gasteiger partial charge in [0, 0.05) is 25.2 Å². The van der Waals surface area contributed by atoms with E-state index in [-0.39, 0.29) is 11.1 Å². The van der Waals surface area contributed by atoms with Crippen LogP contribution < -0.4 is 5.32 Å². The maximum absolute atomic E-state index is 12.8. The molecule has 8 heteroatoms. The summed E-state index contributed by atoms with van der Waals surface area (Å²) in [6.07, 6.45) is 3.31. The molecule has 0 amide bonds. The standard InChI is InChI=1S/C13H25N5O2S/c1-4-14-9-11-10-15-16-13(11)21(19,20)18(3)12-5-7-17(2)8-6-12/h10,12,14H,4-9H2,1-3H3,(H,15,16).